The normalized spacial score (nSPS) is 14.7. The maximum absolute atomic E-state index is 8.95. The SMILES string of the molecule is CO[Si](C)(CCC[PH](O)=S)OC. The zero-order valence-electron chi connectivity index (χ0n) is 7.79. The van der Waals surface area contributed by atoms with Crippen LogP contribution in [-0.2, 0) is 20.7 Å². The van der Waals surface area contributed by atoms with Gasteiger partial charge in [0.15, 0.2) is 0 Å². The molecule has 74 valence electrons. The summed E-state index contributed by atoms with van der Waals surface area (Å²) in [6.45, 7) is 0.536. The monoisotopic (exact) mass is 228 g/mol. The number of hydrogen-bond donors (Lipinski definition) is 1. The third-order valence-electron chi connectivity index (χ3n) is 1.89. The summed E-state index contributed by atoms with van der Waals surface area (Å²) in [6.07, 6.45) is 1.66. The van der Waals surface area contributed by atoms with Gasteiger partial charge in [-0.1, -0.05) is 11.8 Å². The molecule has 1 unspecified atom stereocenters. The zero-order chi connectivity index (χ0) is 9.61. The van der Waals surface area contributed by atoms with E-state index >= 15 is 0 Å². The van der Waals surface area contributed by atoms with Crippen LogP contribution in [0.4, 0.5) is 0 Å². The largest absolute Gasteiger partial charge is 0.398 e. The molecule has 0 fully saturated rings. The maximum Gasteiger partial charge on any atom is 0.334 e. The molecule has 0 spiro atoms. The molecule has 0 amide bonds. The van der Waals surface area contributed by atoms with Crippen LogP contribution < -0.4 is 0 Å². The lowest BCUT2D eigenvalue weighted by atomic mass is 10.6. The van der Waals surface area contributed by atoms with Gasteiger partial charge in [-0.05, 0) is 25.2 Å². The Morgan fingerprint density at radius 2 is 1.92 bits per heavy atom. The Morgan fingerprint density at radius 1 is 1.42 bits per heavy atom. The summed E-state index contributed by atoms with van der Waals surface area (Å²) in [7, 11) is 1.44. The van der Waals surface area contributed by atoms with Crippen LogP contribution >= 0.6 is 6.92 Å². The highest BCUT2D eigenvalue weighted by Gasteiger charge is 2.27. The fourth-order valence-electron chi connectivity index (χ4n) is 0.848. The lowest BCUT2D eigenvalue weighted by Crippen LogP contribution is -2.35. The second-order valence-electron chi connectivity index (χ2n) is 2.79. The molecule has 12 heavy (non-hydrogen) atoms. The van der Waals surface area contributed by atoms with Gasteiger partial charge in [-0.15, -0.1) is 0 Å². The molecule has 0 heterocycles. The van der Waals surface area contributed by atoms with Crippen LogP contribution in [0.15, 0.2) is 0 Å². The van der Waals surface area contributed by atoms with Crippen LogP contribution in [-0.4, -0.2) is 33.8 Å². The van der Waals surface area contributed by atoms with Gasteiger partial charge in [0.1, 0.15) is 0 Å². The van der Waals surface area contributed by atoms with Gasteiger partial charge >= 0.3 is 8.56 Å². The molecule has 6 heteroatoms. The van der Waals surface area contributed by atoms with E-state index in [9.17, 15) is 0 Å². The van der Waals surface area contributed by atoms with Gasteiger partial charge in [-0.25, -0.2) is 0 Å². The van der Waals surface area contributed by atoms with Gasteiger partial charge in [-0.3, -0.25) is 0 Å². The van der Waals surface area contributed by atoms with Crippen molar-refractivity contribution >= 4 is 27.3 Å². The fourth-order valence-corrected chi connectivity index (χ4v) is 3.51. The molecular formula is C6H17O3PSSi. The minimum Gasteiger partial charge on any atom is -0.398 e. The van der Waals surface area contributed by atoms with Crippen molar-refractivity contribution < 1.29 is 13.7 Å². The summed E-state index contributed by atoms with van der Waals surface area (Å²) >= 11 is 4.73. The van der Waals surface area contributed by atoms with Crippen molar-refractivity contribution in [3.05, 3.63) is 0 Å². The van der Waals surface area contributed by atoms with E-state index in [2.05, 4.69) is 0 Å². The van der Waals surface area contributed by atoms with Crippen LogP contribution in [0.3, 0.4) is 0 Å². The van der Waals surface area contributed by atoms with Crippen LogP contribution in [0.1, 0.15) is 6.42 Å². The Kier molecular flexibility index (Phi) is 6.63. The first kappa shape index (κ1) is 12.7. The Hall–Kier alpha value is 0.747. The fraction of sp³-hybridized carbons (Fsp3) is 1.00. The summed E-state index contributed by atoms with van der Waals surface area (Å²) in [4.78, 5) is 8.95. The Morgan fingerprint density at radius 3 is 2.25 bits per heavy atom. The first-order valence-electron chi connectivity index (χ1n) is 3.86. The van der Waals surface area contributed by atoms with Gasteiger partial charge in [0.2, 0.25) is 0 Å². The van der Waals surface area contributed by atoms with E-state index in [1.54, 1.807) is 14.2 Å². The van der Waals surface area contributed by atoms with Crippen molar-refractivity contribution in [3.63, 3.8) is 0 Å². The van der Waals surface area contributed by atoms with E-state index < -0.39 is 15.5 Å². The van der Waals surface area contributed by atoms with E-state index in [0.717, 1.165) is 18.6 Å². The van der Waals surface area contributed by atoms with Crippen LogP contribution in [0, 0.1) is 0 Å². The molecule has 0 saturated carbocycles. The Labute approximate surface area is 80.8 Å². The average Bonchev–Trinajstić information content (AvgIpc) is 2.03. The molecule has 0 aromatic heterocycles. The average molecular weight is 228 g/mol. The zero-order valence-corrected chi connectivity index (χ0v) is 10.6. The minimum atomic E-state index is -1.91. The van der Waals surface area contributed by atoms with Gasteiger partial charge in [0, 0.05) is 14.2 Å². The molecule has 0 aliphatic carbocycles. The molecule has 0 aromatic carbocycles. The van der Waals surface area contributed by atoms with Crippen molar-refractivity contribution in [2.24, 2.45) is 0 Å². The van der Waals surface area contributed by atoms with E-state index in [-0.39, 0.29) is 0 Å². The molecule has 0 aliphatic rings. The second kappa shape index (κ2) is 6.24. The highest BCUT2D eigenvalue weighted by atomic mass is 32.4. The molecule has 1 N–H and O–H groups in total. The molecule has 0 aromatic rings. The Bertz CT molecular complexity index is 152. The third-order valence-corrected chi connectivity index (χ3v) is 6.27. The van der Waals surface area contributed by atoms with Gasteiger partial charge in [0.05, 0.1) is 6.92 Å². The molecule has 0 bridgehead atoms. The van der Waals surface area contributed by atoms with Gasteiger partial charge in [0.25, 0.3) is 0 Å². The molecule has 0 aliphatic heterocycles. The first-order valence-corrected chi connectivity index (χ1v) is 9.17. The van der Waals surface area contributed by atoms with Crippen LogP contribution in [0.2, 0.25) is 12.6 Å². The summed E-state index contributed by atoms with van der Waals surface area (Å²) in [5.41, 5.74) is 0. The number of hydrogen-bond acceptors (Lipinski definition) is 3. The third kappa shape index (κ3) is 5.40. The summed E-state index contributed by atoms with van der Waals surface area (Å²) < 4.78 is 10.6. The van der Waals surface area contributed by atoms with E-state index in [0.29, 0.717) is 0 Å². The van der Waals surface area contributed by atoms with Crippen molar-refractivity contribution in [1.29, 1.82) is 0 Å². The second-order valence-corrected chi connectivity index (χ2v) is 9.07. The van der Waals surface area contributed by atoms with Crippen molar-refractivity contribution in [3.8, 4) is 0 Å². The first-order chi connectivity index (χ1) is 5.54. The van der Waals surface area contributed by atoms with Crippen LogP contribution in [0.25, 0.3) is 0 Å². The standard InChI is InChI=1S/C6H17O3PSSi/c1-8-12(3,9-2)6-4-5-10(7)11/h10H,4-6H2,1-3H3,(H,7,11). The highest BCUT2D eigenvalue weighted by Crippen LogP contribution is 2.20. The molecule has 0 saturated heterocycles. The molecule has 0 radical (unpaired) electrons. The summed E-state index contributed by atoms with van der Waals surface area (Å²) in [5, 5.41) is 0. The highest BCUT2D eigenvalue weighted by molar-refractivity contribution is 8.02. The van der Waals surface area contributed by atoms with Gasteiger partial charge < -0.3 is 13.7 Å². The molecule has 3 nitrogen and oxygen atoms in total. The van der Waals surface area contributed by atoms with Crippen LogP contribution in [0.5, 0.6) is 0 Å². The van der Waals surface area contributed by atoms with E-state index in [4.69, 9.17) is 25.6 Å². The maximum atomic E-state index is 8.95. The summed E-state index contributed by atoms with van der Waals surface area (Å²) in [6, 6.07) is 0.908. The Balaban J connectivity index is 3.65. The van der Waals surface area contributed by atoms with E-state index in [1.807, 2.05) is 6.55 Å². The van der Waals surface area contributed by atoms with E-state index in [1.165, 1.54) is 0 Å². The lowest BCUT2D eigenvalue weighted by Gasteiger charge is -2.22. The predicted octanol–water partition coefficient (Wildman–Crippen LogP) is 1.32. The van der Waals surface area contributed by atoms with Crippen molar-refractivity contribution in [2.75, 3.05) is 20.4 Å². The lowest BCUT2D eigenvalue weighted by molar-refractivity contribution is 0.249. The minimum absolute atomic E-state index is 0.745. The predicted molar refractivity (Wildman–Crippen MR) is 57.8 cm³/mol. The van der Waals surface area contributed by atoms with Crippen molar-refractivity contribution in [2.45, 2.75) is 19.0 Å². The quantitative estimate of drug-likeness (QED) is 0.550. The smallest absolute Gasteiger partial charge is 0.334 e. The molecule has 1 atom stereocenters. The van der Waals surface area contributed by atoms with Crippen molar-refractivity contribution in [1.82, 2.24) is 0 Å². The summed E-state index contributed by atoms with van der Waals surface area (Å²) in [5.74, 6) is 0. The number of rotatable bonds is 6. The molecular weight excluding hydrogens is 211 g/mol. The van der Waals surface area contributed by atoms with Gasteiger partial charge in [-0.2, -0.15) is 0 Å². The topological polar surface area (TPSA) is 38.7 Å². The molecule has 0 rings (SSSR count).